The summed E-state index contributed by atoms with van der Waals surface area (Å²) >= 11 is 0. The molecule has 0 aromatic heterocycles. The summed E-state index contributed by atoms with van der Waals surface area (Å²) in [7, 11) is 0. The Morgan fingerprint density at radius 2 is 1.77 bits per heavy atom. The Bertz CT molecular complexity index is 884. The number of aryl methyl sites for hydroxylation is 1. The molecule has 2 aromatic rings. The molecule has 2 aliphatic heterocycles. The quantitative estimate of drug-likeness (QED) is 0.702. The number of alkyl halides is 2. The van der Waals surface area contributed by atoms with Crippen LogP contribution >= 0.6 is 0 Å². The lowest BCUT2D eigenvalue weighted by Crippen LogP contribution is -2.59. The summed E-state index contributed by atoms with van der Waals surface area (Å²) in [6.07, 6.45) is -6.94. The highest BCUT2D eigenvalue weighted by Crippen LogP contribution is 2.43. The van der Waals surface area contributed by atoms with Gasteiger partial charge in [-0.05, 0) is 35.2 Å². The topological polar surface area (TPSA) is 88.4 Å². The van der Waals surface area contributed by atoms with Crippen LogP contribution in [-0.2, 0) is 15.9 Å². The SMILES string of the molecule is CCc1ccc(C2OCOc3ccc(C4OC(CO)C(F)(F)C(O)C4O)cc32)cc1. The van der Waals surface area contributed by atoms with Gasteiger partial charge in [-0.15, -0.1) is 0 Å². The van der Waals surface area contributed by atoms with Gasteiger partial charge in [0.1, 0.15) is 36.3 Å². The van der Waals surface area contributed by atoms with Crippen molar-refractivity contribution >= 4 is 0 Å². The van der Waals surface area contributed by atoms with Gasteiger partial charge in [0.15, 0.2) is 6.79 Å². The lowest BCUT2D eigenvalue weighted by atomic mass is 9.88. The largest absolute Gasteiger partial charge is 0.467 e. The van der Waals surface area contributed by atoms with Crippen molar-refractivity contribution in [3.05, 3.63) is 64.7 Å². The molecule has 8 heteroatoms. The standard InChI is InChI=1S/C22H24F2O6/c1-2-12-3-5-13(6-4-12)19-15-9-14(7-8-16(15)28-11-29-19)20-18(26)21(27)22(23,24)17(10-25)30-20/h3-9,17-21,25-27H,2,10-11H2,1H3. The molecule has 0 amide bonds. The molecule has 2 aromatic carbocycles. The van der Waals surface area contributed by atoms with Gasteiger partial charge in [0.25, 0.3) is 0 Å². The Kier molecular flexibility index (Phi) is 5.78. The summed E-state index contributed by atoms with van der Waals surface area (Å²) in [6, 6.07) is 12.8. The zero-order chi connectivity index (χ0) is 21.5. The third-order valence-electron chi connectivity index (χ3n) is 5.72. The molecule has 4 rings (SSSR count). The van der Waals surface area contributed by atoms with Crippen LogP contribution in [0.1, 0.15) is 41.4 Å². The monoisotopic (exact) mass is 422 g/mol. The van der Waals surface area contributed by atoms with Crippen LogP contribution in [-0.4, -0.2) is 53.0 Å². The normalized spacial score (nSPS) is 30.4. The smallest absolute Gasteiger partial charge is 0.303 e. The number of benzene rings is 2. The van der Waals surface area contributed by atoms with Crippen molar-refractivity contribution in [2.45, 2.75) is 49.8 Å². The van der Waals surface area contributed by atoms with Gasteiger partial charge in [-0.2, -0.15) is 0 Å². The van der Waals surface area contributed by atoms with E-state index in [0.29, 0.717) is 16.9 Å². The molecule has 6 nitrogen and oxygen atoms in total. The van der Waals surface area contributed by atoms with Gasteiger partial charge in [-0.25, -0.2) is 8.78 Å². The van der Waals surface area contributed by atoms with Crippen molar-refractivity contribution in [3.8, 4) is 5.75 Å². The number of aliphatic hydroxyl groups excluding tert-OH is 3. The number of ether oxygens (including phenoxy) is 3. The van der Waals surface area contributed by atoms with E-state index in [4.69, 9.17) is 14.2 Å². The highest BCUT2D eigenvalue weighted by atomic mass is 19.3. The van der Waals surface area contributed by atoms with Gasteiger partial charge < -0.3 is 29.5 Å². The summed E-state index contributed by atoms with van der Waals surface area (Å²) < 4.78 is 44.8. The van der Waals surface area contributed by atoms with E-state index in [9.17, 15) is 24.1 Å². The fourth-order valence-corrected chi connectivity index (χ4v) is 3.91. The van der Waals surface area contributed by atoms with Crippen LogP contribution in [0.3, 0.4) is 0 Å². The summed E-state index contributed by atoms with van der Waals surface area (Å²) in [6.45, 7) is 1.14. The lowest BCUT2D eigenvalue weighted by Gasteiger charge is -2.42. The van der Waals surface area contributed by atoms with Crippen molar-refractivity contribution in [1.29, 1.82) is 0 Å². The fraction of sp³-hybridized carbons (Fsp3) is 0.455. The van der Waals surface area contributed by atoms with Gasteiger partial charge in [0.05, 0.1) is 6.61 Å². The summed E-state index contributed by atoms with van der Waals surface area (Å²) in [5.74, 6) is -3.20. The van der Waals surface area contributed by atoms with E-state index in [0.717, 1.165) is 12.0 Å². The number of rotatable bonds is 4. The molecular weight excluding hydrogens is 398 g/mol. The van der Waals surface area contributed by atoms with Gasteiger partial charge in [-0.3, -0.25) is 0 Å². The minimum Gasteiger partial charge on any atom is -0.467 e. The third-order valence-corrected chi connectivity index (χ3v) is 5.72. The number of hydrogen-bond acceptors (Lipinski definition) is 6. The first-order valence-corrected chi connectivity index (χ1v) is 9.84. The maximum absolute atomic E-state index is 14.1. The van der Waals surface area contributed by atoms with E-state index in [-0.39, 0.29) is 6.79 Å². The van der Waals surface area contributed by atoms with Crippen molar-refractivity contribution in [2.24, 2.45) is 0 Å². The molecule has 30 heavy (non-hydrogen) atoms. The highest BCUT2D eigenvalue weighted by Gasteiger charge is 2.57. The summed E-state index contributed by atoms with van der Waals surface area (Å²) in [5.41, 5.74) is 3.12. The Balaban J connectivity index is 1.68. The number of halogens is 2. The van der Waals surface area contributed by atoms with Crippen molar-refractivity contribution < 1.29 is 38.3 Å². The zero-order valence-corrected chi connectivity index (χ0v) is 16.4. The van der Waals surface area contributed by atoms with Crippen molar-refractivity contribution in [2.75, 3.05) is 13.4 Å². The van der Waals surface area contributed by atoms with E-state index in [2.05, 4.69) is 6.92 Å². The molecule has 2 aliphatic rings. The molecule has 0 aliphatic carbocycles. The molecule has 0 spiro atoms. The van der Waals surface area contributed by atoms with Crippen LogP contribution in [0.25, 0.3) is 0 Å². The zero-order valence-electron chi connectivity index (χ0n) is 16.4. The van der Waals surface area contributed by atoms with Crippen LogP contribution in [0.15, 0.2) is 42.5 Å². The second-order valence-electron chi connectivity index (χ2n) is 7.54. The maximum Gasteiger partial charge on any atom is 0.303 e. The predicted molar refractivity (Wildman–Crippen MR) is 102 cm³/mol. The molecule has 2 heterocycles. The molecule has 1 saturated heterocycles. The fourth-order valence-electron chi connectivity index (χ4n) is 3.91. The molecule has 1 fully saturated rings. The number of fused-ring (bicyclic) bond motifs is 1. The molecule has 0 radical (unpaired) electrons. The van der Waals surface area contributed by atoms with Gasteiger partial charge >= 0.3 is 5.92 Å². The number of hydrogen-bond donors (Lipinski definition) is 3. The second-order valence-corrected chi connectivity index (χ2v) is 7.54. The van der Waals surface area contributed by atoms with Crippen LogP contribution < -0.4 is 4.74 Å². The van der Waals surface area contributed by atoms with Gasteiger partial charge in [-0.1, -0.05) is 37.3 Å². The summed E-state index contributed by atoms with van der Waals surface area (Å²) in [5, 5.41) is 29.5. The number of aliphatic hydroxyl groups is 3. The third kappa shape index (κ3) is 3.59. The Morgan fingerprint density at radius 3 is 2.43 bits per heavy atom. The first kappa shape index (κ1) is 21.1. The van der Waals surface area contributed by atoms with Gasteiger partial charge in [0.2, 0.25) is 0 Å². The van der Waals surface area contributed by atoms with E-state index in [1.54, 1.807) is 18.2 Å². The van der Waals surface area contributed by atoms with Gasteiger partial charge in [0, 0.05) is 5.56 Å². The minimum absolute atomic E-state index is 0.0621. The predicted octanol–water partition coefficient (Wildman–Crippen LogP) is 2.49. The molecule has 0 bridgehead atoms. The van der Waals surface area contributed by atoms with Crippen LogP contribution in [0, 0.1) is 0 Å². The Labute approximate surface area is 172 Å². The van der Waals surface area contributed by atoms with E-state index in [1.807, 2.05) is 24.3 Å². The average molecular weight is 422 g/mol. The van der Waals surface area contributed by atoms with Crippen LogP contribution in [0.5, 0.6) is 5.75 Å². The van der Waals surface area contributed by atoms with Crippen molar-refractivity contribution in [3.63, 3.8) is 0 Å². The van der Waals surface area contributed by atoms with E-state index < -0.39 is 43.0 Å². The molecular formula is C22H24F2O6. The second kappa shape index (κ2) is 8.20. The highest BCUT2D eigenvalue weighted by molar-refractivity contribution is 5.45. The first-order valence-electron chi connectivity index (χ1n) is 9.84. The minimum atomic E-state index is -3.77. The van der Waals surface area contributed by atoms with Crippen molar-refractivity contribution in [1.82, 2.24) is 0 Å². The molecule has 0 saturated carbocycles. The van der Waals surface area contributed by atoms with E-state index >= 15 is 0 Å². The van der Waals surface area contributed by atoms with Crippen LogP contribution in [0.4, 0.5) is 8.78 Å². The summed E-state index contributed by atoms with van der Waals surface area (Å²) in [4.78, 5) is 0. The molecule has 5 unspecified atom stereocenters. The molecule has 3 N–H and O–H groups in total. The molecule has 5 atom stereocenters. The Morgan fingerprint density at radius 1 is 1.07 bits per heavy atom. The molecule has 162 valence electrons. The lowest BCUT2D eigenvalue weighted by molar-refractivity contribution is -0.296. The average Bonchev–Trinajstić information content (AvgIpc) is 2.77. The maximum atomic E-state index is 14.1. The van der Waals surface area contributed by atoms with Crippen LogP contribution in [0.2, 0.25) is 0 Å². The van der Waals surface area contributed by atoms with E-state index in [1.165, 1.54) is 5.56 Å². The first-order chi connectivity index (χ1) is 14.4. The Hall–Kier alpha value is -2.10.